The van der Waals surface area contributed by atoms with Crippen molar-refractivity contribution in [3.8, 4) is 0 Å². The minimum atomic E-state index is -0.937. The maximum absolute atomic E-state index is 13.7. The van der Waals surface area contributed by atoms with Gasteiger partial charge in [-0.3, -0.25) is 14.5 Å². The van der Waals surface area contributed by atoms with E-state index in [9.17, 15) is 14.7 Å². The molecule has 9 heteroatoms. The van der Waals surface area contributed by atoms with Crippen molar-refractivity contribution in [1.82, 2.24) is 9.80 Å². The molecule has 0 aromatic heterocycles. The number of likely N-dealkylation sites (N-methyl/N-ethyl adjacent to an activating group) is 2. The zero-order chi connectivity index (χ0) is 28.4. The van der Waals surface area contributed by atoms with Gasteiger partial charge in [0.15, 0.2) is 12.1 Å². The van der Waals surface area contributed by atoms with Crippen LogP contribution in [0.15, 0.2) is 0 Å². The fraction of sp³-hybridized carbons (Fsp3) is 0.931. The summed E-state index contributed by atoms with van der Waals surface area (Å²) in [7, 11) is 7.59. The zero-order valence-corrected chi connectivity index (χ0v) is 25.0. The maximum Gasteiger partial charge on any atom is 0.316 e. The molecule has 0 amide bonds. The van der Waals surface area contributed by atoms with Gasteiger partial charge in [-0.1, -0.05) is 20.3 Å². The number of rotatable bonds is 5. The Morgan fingerprint density at radius 1 is 1.13 bits per heavy atom. The summed E-state index contributed by atoms with van der Waals surface area (Å²) in [5, 5.41) is 11.2. The SMILES string of the molecule is CO[C@]1(C)C[C@@H](C)CN(C)[C@H](C2CCC2)COC(=O)C(C)C(=O)[C@H](C)[C@H]1O[C@@H]1O[C@H](C)C[C@H](N(C)C)[C@H]1O. The highest BCUT2D eigenvalue weighted by Crippen LogP contribution is 2.37. The van der Waals surface area contributed by atoms with Crippen molar-refractivity contribution in [1.29, 1.82) is 0 Å². The minimum Gasteiger partial charge on any atom is -0.463 e. The number of cyclic esters (lactones) is 1. The summed E-state index contributed by atoms with van der Waals surface area (Å²) >= 11 is 0. The Labute approximate surface area is 229 Å². The van der Waals surface area contributed by atoms with E-state index in [4.69, 9.17) is 18.9 Å². The van der Waals surface area contributed by atoms with Crippen molar-refractivity contribution in [3.05, 3.63) is 0 Å². The predicted octanol–water partition coefficient (Wildman–Crippen LogP) is 2.73. The number of ketones is 1. The normalized spacial score (nSPS) is 43.1. The van der Waals surface area contributed by atoms with Gasteiger partial charge in [-0.25, -0.2) is 0 Å². The number of esters is 1. The first-order valence-corrected chi connectivity index (χ1v) is 14.4. The number of carbonyl (C=O) groups is 2. The van der Waals surface area contributed by atoms with E-state index in [2.05, 4.69) is 18.9 Å². The zero-order valence-electron chi connectivity index (χ0n) is 25.0. The lowest BCUT2D eigenvalue weighted by Gasteiger charge is -2.47. The van der Waals surface area contributed by atoms with Gasteiger partial charge in [0.05, 0.1) is 17.8 Å². The minimum absolute atomic E-state index is 0.129. The molecule has 1 unspecified atom stereocenters. The molecule has 220 valence electrons. The molecule has 9 nitrogen and oxygen atoms in total. The fourth-order valence-corrected chi connectivity index (χ4v) is 6.69. The van der Waals surface area contributed by atoms with Crippen molar-refractivity contribution in [3.63, 3.8) is 0 Å². The van der Waals surface area contributed by atoms with Crippen LogP contribution in [0, 0.1) is 23.7 Å². The summed E-state index contributed by atoms with van der Waals surface area (Å²) in [4.78, 5) is 31.0. The van der Waals surface area contributed by atoms with Crippen molar-refractivity contribution >= 4 is 11.8 Å². The summed E-state index contributed by atoms with van der Waals surface area (Å²) in [6.45, 7) is 10.6. The van der Waals surface area contributed by atoms with Crippen LogP contribution in [0.25, 0.3) is 0 Å². The van der Waals surface area contributed by atoms with Gasteiger partial charge in [-0.05, 0) is 79.4 Å². The molecule has 2 heterocycles. The van der Waals surface area contributed by atoms with Crippen molar-refractivity contribution in [2.45, 2.75) is 109 Å². The summed E-state index contributed by atoms with van der Waals surface area (Å²) in [6, 6.07) is -0.0186. The molecule has 10 atom stereocenters. The molecule has 1 N–H and O–H groups in total. The van der Waals surface area contributed by atoms with Crippen LogP contribution in [0.4, 0.5) is 0 Å². The van der Waals surface area contributed by atoms with E-state index in [0.29, 0.717) is 25.4 Å². The van der Waals surface area contributed by atoms with Gasteiger partial charge in [0, 0.05) is 31.7 Å². The van der Waals surface area contributed by atoms with Crippen LogP contribution in [0.5, 0.6) is 0 Å². The van der Waals surface area contributed by atoms with Gasteiger partial charge < -0.3 is 29.0 Å². The highest BCUT2D eigenvalue weighted by Gasteiger charge is 2.49. The second-order valence-corrected chi connectivity index (χ2v) is 12.7. The lowest BCUT2D eigenvalue weighted by molar-refractivity contribution is -0.295. The fourth-order valence-electron chi connectivity index (χ4n) is 6.69. The third-order valence-corrected chi connectivity index (χ3v) is 9.32. The van der Waals surface area contributed by atoms with E-state index in [-0.39, 0.29) is 29.9 Å². The summed E-state index contributed by atoms with van der Waals surface area (Å²) in [5.74, 6) is -1.68. The maximum atomic E-state index is 13.7. The Kier molecular flexibility index (Phi) is 10.8. The number of carbonyl (C=O) groups excluding carboxylic acids is 2. The molecule has 3 rings (SSSR count). The van der Waals surface area contributed by atoms with E-state index in [1.165, 1.54) is 6.42 Å². The molecule has 0 radical (unpaired) electrons. The molecular weight excluding hydrogens is 488 g/mol. The van der Waals surface area contributed by atoms with Gasteiger partial charge in [-0.15, -0.1) is 0 Å². The number of nitrogens with zero attached hydrogens (tertiary/aromatic N) is 2. The van der Waals surface area contributed by atoms with Gasteiger partial charge in [0.2, 0.25) is 0 Å². The van der Waals surface area contributed by atoms with Crippen molar-refractivity contribution in [2.24, 2.45) is 23.7 Å². The third-order valence-electron chi connectivity index (χ3n) is 9.32. The van der Waals surface area contributed by atoms with Gasteiger partial charge in [-0.2, -0.15) is 0 Å². The molecule has 1 aliphatic carbocycles. The Bertz CT molecular complexity index is 806. The molecule has 3 fully saturated rings. The quantitative estimate of drug-likeness (QED) is 0.417. The van der Waals surface area contributed by atoms with Crippen LogP contribution in [0.2, 0.25) is 0 Å². The van der Waals surface area contributed by atoms with Crippen LogP contribution in [0.1, 0.15) is 66.7 Å². The number of aliphatic hydroxyl groups excluding tert-OH is 1. The van der Waals surface area contributed by atoms with Gasteiger partial charge in [0.25, 0.3) is 0 Å². The molecule has 2 saturated heterocycles. The topological polar surface area (TPSA) is 97.8 Å². The standard InChI is InChI=1S/C29H52N2O7/c1-17-14-29(5,35-9)26(38-28-25(33)22(30(6)7)13-18(2)37-28)19(3)24(32)20(4)27(34)36-16-23(31(8)15-17)21-11-10-12-21/h17-23,25-26,28,33H,10-16H2,1-9H3/t17-,18-,19+,20?,22+,23+,25-,26-,28+,29-/m1/s1. The Morgan fingerprint density at radius 3 is 2.34 bits per heavy atom. The number of ether oxygens (including phenoxy) is 4. The first-order chi connectivity index (χ1) is 17.8. The van der Waals surface area contributed by atoms with E-state index >= 15 is 0 Å². The number of Topliss-reactive ketones (excluding diaryl/α,β-unsaturated/α-hetero) is 1. The highest BCUT2D eigenvalue weighted by atomic mass is 16.7. The monoisotopic (exact) mass is 540 g/mol. The third kappa shape index (κ3) is 6.96. The Morgan fingerprint density at radius 2 is 1.79 bits per heavy atom. The van der Waals surface area contributed by atoms with Crippen LogP contribution in [-0.4, -0.2) is 110 Å². The van der Waals surface area contributed by atoms with Crippen molar-refractivity contribution in [2.75, 3.05) is 41.4 Å². The molecule has 0 spiro atoms. The number of hydrogen-bond acceptors (Lipinski definition) is 9. The molecule has 38 heavy (non-hydrogen) atoms. The van der Waals surface area contributed by atoms with Crippen LogP contribution in [0.3, 0.4) is 0 Å². The van der Waals surface area contributed by atoms with Crippen LogP contribution >= 0.6 is 0 Å². The van der Waals surface area contributed by atoms with Gasteiger partial charge >= 0.3 is 5.97 Å². The summed E-state index contributed by atoms with van der Waals surface area (Å²) in [6.07, 6.45) is 2.06. The lowest BCUT2D eigenvalue weighted by Crippen LogP contribution is -2.59. The highest BCUT2D eigenvalue weighted by molar-refractivity contribution is 5.99. The number of methoxy groups -OCH3 is 1. The van der Waals surface area contributed by atoms with Crippen LogP contribution in [-0.2, 0) is 28.5 Å². The molecule has 0 aromatic carbocycles. The molecule has 1 saturated carbocycles. The first kappa shape index (κ1) is 31.4. The van der Waals surface area contributed by atoms with Crippen LogP contribution < -0.4 is 0 Å². The predicted molar refractivity (Wildman–Crippen MR) is 145 cm³/mol. The Balaban J connectivity index is 1.94. The second kappa shape index (κ2) is 13.0. The molecule has 0 bridgehead atoms. The molecular formula is C29H52N2O7. The van der Waals surface area contributed by atoms with Gasteiger partial charge in [0.1, 0.15) is 18.6 Å². The van der Waals surface area contributed by atoms with E-state index in [0.717, 1.165) is 19.4 Å². The first-order valence-electron chi connectivity index (χ1n) is 14.4. The Hall–Kier alpha value is -1.10. The second-order valence-electron chi connectivity index (χ2n) is 12.7. The van der Waals surface area contributed by atoms with Crippen molar-refractivity contribution < 1.29 is 33.6 Å². The average molecular weight is 541 g/mol. The van der Waals surface area contributed by atoms with E-state index < -0.39 is 41.9 Å². The molecule has 3 aliphatic rings. The largest absolute Gasteiger partial charge is 0.463 e. The lowest BCUT2D eigenvalue weighted by atomic mass is 9.78. The average Bonchev–Trinajstić information content (AvgIpc) is 2.82. The number of hydrogen-bond donors (Lipinski definition) is 1. The molecule has 0 aromatic rings. The summed E-state index contributed by atoms with van der Waals surface area (Å²) < 4.78 is 24.5. The summed E-state index contributed by atoms with van der Waals surface area (Å²) in [5.41, 5.74) is -0.865. The number of aliphatic hydroxyl groups is 1. The van der Waals surface area contributed by atoms with E-state index in [1.807, 2.05) is 32.8 Å². The smallest absolute Gasteiger partial charge is 0.316 e. The molecule has 2 aliphatic heterocycles. The van der Waals surface area contributed by atoms with E-state index in [1.54, 1.807) is 21.0 Å².